The number of carbonyl (C=O) groups excluding carboxylic acids is 1. The Balaban J connectivity index is 1.27. The van der Waals surface area contributed by atoms with Gasteiger partial charge in [-0.1, -0.05) is 0 Å². The van der Waals surface area contributed by atoms with E-state index in [-0.39, 0.29) is 18.2 Å². The van der Waals surface area contributed by atoms with Gasteiger partial charge in [-0.05, 0) is 68.1 Å². The van der Waals surface area contributed by atoms with Crippen molar-refractivity contribution >= 4 is 11.7 Å². The Morgan fingerprint density at radius 1 is 1.24 bits per heavy atom. The van der Waals surface area contributed by atoms with E-state index in [9.17, 15) is 4.79 Å². The maximum Gasteiger partial charge on any atom is 0.321 e. The Kier molecular flexibility index (Phi) is 4.99. The Labute approximate surface area is 171 Å². The lowest BCUT2D eigenvalue weighted by Crippen LogP contribution is -2.38. The first kappa shape index (κ1) is 18.6. The molecular formula is C22H29N5O2. The summed E-state index contributed by atoms with van der Waals surface area (Å²) < 4.78 is 8.49. The number of rotatable bonds is 5. The lowest BCUT2D eigenvalue weighted by molar-refractivity contribution is -0.0371. The predicted octanol–water partition coefficient (Wildman–Crippen LogP) is 3.50. The van der Waals surface area contributed by atoms with Crippen molar-refractivity contribution in [3.8, 4) is 0 Å². The van der Waals surface area contributed by atoms with E-state index in [0.29, 0.717) is 11.8 Å². The summed E-state index contributed by atoms with van der Waals surface area (Å²) in [5.74, 6) is 1.73. The number of likely N-dealkylation sites (tertiary alicyclic amines) is 1. The highest BCUT2D eigenvalue weighted by Crippen LogP contribution is 2.43. The first-order valence-electron chi connectivity index (χ1n) is 10.7. The van der Waals surface area contributed by atoms with Crippen LogP contribution in [0.1, 0.15) is 37.3 Å². The standard InChI is InChI=1S/C22H29N5O2/c1-15-9-24-27(11-15)20-7-17-12-26(22(28)25-19-3-2-6-23-10-19)13-18(17)8-21(20)29-14-16-4-5-16/h2-3,6,9-11,16-18,20-21H,4-5,7-8,12-14H2,1H3,(H,25,28)/t17-,18+,20-,21-/m0/s1. The summed E-state index contributed by atoms with van der Waals surface area (Å²) >= 11 is 0. The van der Waals surface area contributed by atoms with Crippen LogP contribution in [0.25, 0.3) is 0 Å². The minimum absolute atomic E-state index is 0.0330. The van der Waals surface area contributed by atoms with Crippen molar-refractivity contribution in [1.82, 2.24) is 19.7 Å². The van der Waals surface area contributed by atoms with Crippen molar-refractivity contribution in [2.75, 3.05) is 25.0 Å². The van der Waals surface area contributed by atoms with Crippen LogP contribution in [-0.4, -0.2) is 51.5 Å². The summed E-state index contributed by atoms with van der Waals surface area (Å²) in [7, 11) is 0. The summed E-state index contributed by atoms with van der Waals surface area (Å²) in [6, 6.07) is 3.92. The zero-order chi connectivity index (χ0) is 19.8. The van der Waals surface area contributed by atoms with Crippen LogP contribution in [0.5, 0.6) is 0 Å². The molecule has 3 fully saturated rings. The highest BCUT2D eigenvalue weighted by Gasteiger charge is 2.45. The molecule has 2 aliphatic carbocycles. The first-order valence-corrected chi connectivity index (χ1v) is 10.7. The second-order valence-electron chi connectivity index (χ2n) is 8.95. The molecule has 7 heteroatoms. The molecule has 1 aliphatic heterocycles. The van der Waals surface area contributed by atoms with Crippen LogP contribution in [0.3, 0.4) is 0 Å². The van der Waals surface area contributed by atoms with Crippen molar-refractivity contribution in [2.45, 2.75) is 44.8 Å². The summed E-state index contributed by atoms with van der Waals surface area (Å²) in [6.45, 7) is 4.53. The number of aromatic nitrogens is 3. The average molecular weight is 396 g/mol. The smallest absolute Gasteiger partial charge is 0.321 e. The van der Waals surface area contributed by atoms with Crippen molar-refractivity contribution in [3.05, 3.63) is 42.5 Å². The fourth-order valence-electron chi connectivity index (χ4n) is 4.81. The molecule has 3 aliphatic rings. The van der Waals surface area contributed by atoms with Crippen molar-refractivity contribution < 1.29 is 9.53 Å². The van der Waals surface area contributed by atoms with E-state index in [0.717, 1.165) is 44.1 Å². The van der Waals surface area contributed by atoms with Crippen LogP contribution in [0.15, 0.2) is 36.9 Å². The van der Waals surface area contributed by atoms with Crippen LogP contribution >= 0.6 is 0 Å². The Bertz CT molecular complexity index is 850. The molecule has 3 heterocycles. The molecule has 0 aromatic carbocycles. The Morgan fingerprint density at radius 3 is 2.76 bits per heavy atom. The van der Waals surface area contributed by atoms with Crippen molar-refractivity contribution in [3.63, 3.8) is 0 Å². The molecule has 154 valence electrons. The second-order valence-corrected chi connectivity index (χ2v) is 8.95. The first-order chi connectivity index (χ1) is 14.2. The lowest BCUT2D eigenvalue weighted by atomic mass is 9.77. The predicted molar refractivity (Wildman–Crippen MR) is 110 cm³/mol. The van der Waals surface area contributed by atoms with E-state index >= 15 is 0 Å². The van der Waals surface area contributed by atoms with Gasteiger partial charge in [0.25, 0.3) is 0 Å². The molecule has 5 rings (SSSR count). The zero-order valence-corrected chi connectivity index (χ0v) is 16.9. The largest absolute Gasteiger partial charge is 0.376 e. The topological polar surface area (TPSA) is 72.3 Å². The quantitative estimate of drug-likeness (QED) is 0.841. The number of nitrogens with one attached hydrogen (secondary N) is 1. The molecule has 0 unspecified atom stereocenters. The van der Waals surface area contributed by atoms with E-state index in [1.54, 1.807) is 12.4 Å². The Morgan fingerprint density at radius 2 is 2.07 bits per heavy atom. The maximum absolute atomic E-state index is 12.8. The van der Waals surface area contributed by atoms with Gasteiger partial charge in [-0.2, -0.15) is 5.10 Å². The Hall–Kier alpha value is -2.41. The minimum Gasteiger partial charge on any atom is -0.376 e. The highest BCUT2D eigenvalue weighted by atomic mass is 16.5. The monoisotopic (exact) mass is 395 g/mol. The number of fused-ring (bicyclic) bond motifs is 1. The number of hydrogen-bond donors (Lipinski definition) is 1. The number of hydrogen-bond acceptors (Lipinski definition) is 4. The molecule has 2 amide bonds. The van der Waals surface area contributed by atoms with Crippen LogP contribution in [0.2, 0.25) is 0 Å². The third-order valence-corrected chi connectivity index (χ3v) is 6.60. The van der Waals surface area contributed by atoms with Gasteiger partial charge in [0.15, 0.2) is 0 Å². The maximum atomic E-state index is 12.8. The normalized spacial score (nSPS) is 28.9. The highest BCUT2D eigenvalue weighted by molar-refractivity contribution is 5.89. The summed E-state index contributed by atoms with van der Waals surface area (Å²) in [4.78, 5) is 18.8. The molecule has 1 saturated heterocycles. The number of anilines is 1. The van der Waals surface area contributed by atoms with Gasteiger partial charge in [0.2, 0.25) is 0 Å². The number of pyridine rings is 1. The number of amides is 2. The molecule has 7 nitrogen and oxygen atoms in total. The van der Waals surface area contributed by atoms with Gasteiger partial charge < -0.3 is 15.0 Å². The summed E-state index contributed by atoms with van der Waals surface area (Å²) in [6.07, 6.45) is 12.2. The molecule has 2 aromatic rings. The van der Waals surface area contributed by atoms with E-state index in [1.807, 2.05) is 23.2 Å². The van der Waals surface area contributed by atoms with Crippen molar-refractivity contribution in [2.24, 2.45) is 17.8 Å². The molecule has 2 aromatic heterocycles. The molecule has 2 saturated carbocycles. The van der Waals surface area contributed by atoms with Gasteiger partial charge in [0, 0.05) is 32.1 Å². The molecule has 0 spiro atoms. The van der Waals surface area contributed by atoms with E-state index in [4.69, 9.17) is 4.74 Å². The van der Waals surface area contributed by atoms with Crippen LogP contribution in [0, 0.1) is 24.7 Å². The molecule has 0 bridgehead atoms. The number of aryl methyl sites for hydroxylation is 1. The molecular weight excluding hydrogens is 366 g/mol. The second kappa shape index (κ2) is 7.78. The number of nitrogens with zero attached hydrogens (tertiary/aromatic N) is 4. The van der Waals surface area contributed by atoms with E-state index in [2.05, 4.69) is 33.2 Å². The minimum atomic E-state index is -0.0330. The molecule has 0 radical (unpaired) electrons. The third-order valence-electron chi connectivity index (χ3n) is 6.60. The van der Waals surface area contributed by atoms with Crippen LogP contribution < -0.4 is 5.32 Å². The number of carbonyl (C=O) groups is 1. The fourth-order valence-corrected chi connectivity index (χ4v) is 4.81. The lowest BCUT2D eigenvalue weighted by Gasteiger charge is -2.37. The van der Waals surface area contributed by atoms with Gasteiger partial charge >= 0.3 is 6.03 Å². The summed E-state index contributed by atoms with van der Waals surface area (Å²) in [5, 5.41) is 7.57. The van der Waals surface area contributed by atoms with Gasteiger partial charge in [0.05, 0.1) is 30.2 Å². The van der Waals surface area contributed by atoms with Crippen LogP contribution in [-0.2, 0) is 4.74 Å². The third kappa shape index (κ3) is 4.15. The van der Waals surface area contributed by atoms with Gasteiger partial charge in [0.1, 0.15) is 0 Å². The van der Waals surface area contributed by atoms with E-state index in [1.165, 1.54) is 18.4 Å². The van der Waals surface area contributed by atoms with Gasteiger partial charge in [-0.25, -0.2) is 4.79 Å². The number of urea groups is 1. The van der Waals surface area contributed by atoms with Crippen molar-refractivity contribution in [1.29, 1.82) is 0 Å². The number of ether oxygens (including phenoxy) is 1. The van der Waals surface area contributed by atoms with E-state index < -0.39 is 0 Å². The average Bonchev–Trinajstić information content (AvgIpc) is 3.30. The SMILES string of the molecule is Cc1cnn([C@H]2C[C@H]3CN(C(=O)Nc4cccnc4)C[C@H]3C[C@@H]2OCC2CC2)c1. The summed E-state index contributed by atoms with van der Waals surface area (Å²) in [5.41, 5.74) is 1.92. The fraction of sp³-hybridized carbons (Fsp3) is 0.591. The zero-order valence-electron chi connectivity index (χ0n) is 16.9. The molecule has 4 atom stereocenters. The van der Waals surface area contributed by atoms with Gasteiger partial charge in [-0.3, -0.25) is 9.67 Å². The molecule has 29 heavy (non-hydrogen) atoms. The van der Waals surface area contributed by atoms with Gasteiger partial charge in [-0.15, -0.1) is 0 Å². The molecule has 1 N–H and O–H groups in total. The van der Waals surface area contributed by atoms with Crippen LogP contribution in [0.4, 0.5) is 10.5 Å².